The predicted molar refractivity (Wildman–Crippen MR) is 73.4 cm³/mol. The topological polar surface area (TPSA) is 75.6 Å². The predicted octanol–water partition coefficient (Wildman–Crippen LogP) is 1.82. The van der Waals surface area contributed by atoms with Gasteiger partial charge in [-0.05, 0) is 43.5 Å². The number of carboxylic acid groups (broad SMARTS) is 1. The first-order valence-corrected chi connectivity index (χ1v) is 6.97. The molecule has 2 N–H and O–H groups in total. The van der Waals surface area contributed by atoms with E-state index in [-0.39, 0.29) is 17.6 Å². The summed E-state index contributed by atoms with van der Waals surface area (Å²) in [5.41, 5.74) is 0. The Morgan fingerprint density at radius 1 is 1.24 bits per heavy atom. The number of carbonyl (C=O) groups is 2. The van der Waals surface area contributed by atoms with Crippen LogP contribution in [0.2, 0.25) is 0 Å². The third-order valence-corrected chi connectivity index (χ3v) is 3.40. The van der Waals surface area contributed by atoms with E-state index in [1.54, 1.807) is 12.1 Å². The van der Waals surface area contributed by atoms with Gasteiger partial charge < -0.3 is 15.2 Å². The van der Waals surface area contributed by atoms with Crippen molar-refractivity contribution < 1.29 is 23.8 Å². The van der Waals surface area contributed by atoms with E-state index < -0.39 is 11.9 Å². The molecule has 1 fully saturated rings. The lowest BCUT2D eigenvalue weighted by Gasteiger charge is -2.07. The molecule has 0 heterocycles. The number of amides is 1. The Labute approximate surface area is 122 Å². The highest BCUT2D eigenvalue weighted by Crippen LogP contribution is 2.38. The van der Waals surface area contributed by atoms with Gasteiger partial charge in [-0.25, -0.2) is 4.39 Å². The number of rotatable bonds is 8. The van der Waals surface area contributed by atoms with Crippen molar-refractivity contribution in [2.45, 2.75) is 19.3 Å². The molecule has 1 aromatic rings. The highest BCUT2D eigenvalue weighted by Gasteiger charge is 2.48. The van der Waals surface area contributed by atoms with Crippen molar-refractivity contribution in [3.63, 3.8) is 0 Å². The Balaban J connectivity index is 1.51. The fourth-order valence-electron chi connectivity index (χ4n) is 2.05. The number of unbranched alkanes of at least 4 members (excludes halogenated alkanes) is 1. The lowest BCUT2D eigenvalue weighted by Crippen LogP contribution is -2.27. The molecule has 2 unspecified atom stereocenters. The standard InChI is InChI=1S/C15H18FNO4/c16-10-3-5-11(6-4-10)21-8-2-1-7-17-14(18)12-9-13(12)15(19)20/h3-6,12-13H,1-2,7-9H2,(H,17,18)(H,19,20). The molecule has 0 saturated heterocycles. The first-order chi connectivity index (χ1) is 10.1. The monoisotopic (exact) mass is 295 g/mol. The van der Waals surface area contributed by atoms with E-state index in [4.69, 9.17) is 9.84 Å². The summed E-state index contributed by atoms with van der Waals surface area (Å²) in [4.78, 5) is 22.2. The van der Waals surface area contributed by atoms with E-state index in [1.807, 2.05) is 0 Å². The third kappa shape index (κ3) is 4.73. The summed E-state index contributed by atoms with van der Waals surface area (Å²) in [6.45, 7) is 0.997. The third-order valence-electron chi connectivity index (χ3n) is 3.40. The maximum atomic E-state index is 12.7. The molecule has 1 aromatic carbocycles. The molecule has 5 nitrogen and oxygen atoms in total. The van der Waals surface area contributed by atoms with Crippen LogP contribution in [0, 0.1) is 17.7 Å². The first-order valence-electron chi connectivity index (χ1n) is 6.97. The van der Waals surface area contributed by atoms with Gasteiger partial charge in [-0.2, -0.15) is 0 Å². The minimum absolute atomic E-state index is 0.179. The summed E-state index contributed by atoms with van der Waals surface area (Å²) in [5.74, 6) is -1.64. The Morgan fingerprint density at radius 2 is 1.95 bits per heavy atom. The lowest BCUT2D eigenvalue weighted by atomic mass is 10.2. The van der Waals surface area contributed by atoms with Gasteiger partial charge in [0.1, 0.15) is 11.6 Å². The van der Waals surface area contributed by atoms with Gasteiger partial charge >= 0.3 is 5.97 Å². The van der Waals surface area contributed by atoms with Crippen molar-refractivity contribution in [1.82, 2.24) is 5.32 Å². The molecule has 114 valence electrons. The zero-order valence-electron chi connectivity index (χ0n) is 11.5. The van der Waals surface area contributed by atoms with Crippen LogP contribution in [0.5, 0.6) is 5.75 Å². The van der Waals surface area contributed by atoms with E-state index in [0.717, 1.165) is 12.8 Å². The van der Waals surface area contributed by atoms with Crippen LogP contribution in [0.4, 0.5) is 4.39 Å². The molecule has 0 radical (unpaired) electrons. The molecule has 1 saturated carbocycles. The molecule has 0 aromatic heterocycles. The summed E-state index contributed by atoms with van der Waals surface area (Å²) in [6, 6.07) is 5.81. The SMILES string of the molecule is O=C(O)C1CC1C(=O)NCCCCOc1ccc(F)cc1. The maximum Gasteiger partial charge on any atom is 0.307 e. The van der Waals surface area contributed by atoms with Crippen LogP contribution in [0.25, 0.3) is 0 Å². The zero-order chi connectivity index (χ0) is 15.2. The van der Waals surface area contributed by atoms with Crippen LogP contribution in [0.15, 0.2) is 24.3 Å². The first kappa shape index (κ1) is 15.3. The number of carbonyl (C=O) groups excluding carboxylic acids is 1. The van der Waals surface area contributed by atoms with E-state index in [1.165, 1.54) is 12.1 Å². The summed E-state index contributed by atoms with van der Waals surface area (Å²) in [6.07, 6.45) is 1.94. The van der Waals surface area contributed by atoms with E-state index in [2.05, 4.69) is 5.32 Å². The average molecular weight is 295 g/mol. The highest BCUT2D eigenvalue weighted by atomic mass is 19.1. The second-order valence-electron chi connectivity index (χ2n) is 5.09. The molecule has 0 aliphatic heterocycles. The summed E-state index contributed by atoms with van der Waals surface area (Å²) in [5, 5.41) is 11.4. The Kier molecular flexibility index (Phi) is 5.14. The van der Waals surface area contributed by atoms with Crippen LogP contribution < -0.4 is 10.1 Å². The maximum absolute atomic E-state index is 12.7. The number of aliphatic carboxylic acids is 1. The largest absolute Gasteiger partial charge is 0.494 e. The molecule has 2 rings (SSSR count). The number of nitrogens with one attached hydrogen (secondary N) is 1. The van der Waals surface area contributed by atoms with Gasteiger partial charge in [0.2, 0.25) is 5.91 Å². The lowest BCUT2D eigenvalue weighted by molar-refractivity contribution is -0.140. The summed E-state index contributed by atoms with van der Waals surface area (Å²) >= 11 is 0. The number of hydrogen-bond acceptors (Lipinski definition) is 3. The Bertz CT molecular complexity index is 503. The fraction of sp³-hybridized carbons (Fsp3) is 0.467. The number of hydrogen-bond donors (Lipinski definition) is 2. The van der Waals surface area contributed by atoms with E-state index in [0.29, 0.717) is 25.3 Å². The van der Waals surface area contributed by atoms with Gasteiger partial charge in [0.15, 0.2) is 0 Å². The smallest absolute Gasteiger partial charge is 0.307 e. The van der Waals surface area contributed by atoms with Gasteiger partial charge in [0.25, 0.3) is 0 Å². The quantitative estimate of drug-likeness (QED) is 0.717. The number of ether oxygens (including phenoxy) is 1. The molecule has 0 spiro atoms. The van der Waals surface area contributed by atoms with Crippen LogP contribution >= 0.6 is 0 Å². The molecular weight excluding hydrogens is 277 g/mol. The molecule has 0 bridgehead atoms. The van der Waals surface area contributed by atoms with Crippen molar-refractivity contribution in [3.8, 4) is 5.75 Å². The van der Waals surface area contributed by atoms with Gasteiger partial charge in [-0.1, -0.05) is 0 Å². The minimum Gasteiger partial charge on any atom is -0.494 e. The van der Waals surface area contributed by atoms with Crippen LogP contribution in [-0.4, -0.2) is 30.1 Å². The van der Waals surface area contributed by atoms with E-state index >= 15 is 0 Å². The van der Waals surface area contributed by atoms with Crippen molar-refractivity contribution in [1.29, 1.82) is 0 Å². The molecule has 2 atom stereocenters. The van der Waals surface area contributed by atoms with Gasteiger partial charge in [0, 0.05) is 6.54 Å². The summed E-state index contributed by atoms with van der Waals surface area (Å²) < 4.78 is 18.1. The summed E-state index contributed by atoms with van der Waals surface area (Å²) in [7, 11) is 0. The molecule has 1 amide bonds. The van der Waals surface area contributed by atoms with Crippen molar-refractivity contribution in [3.05, 3.63) is 30.1 Å². The average Bonchev–Trinajstić information content (AvgIpc) is 3.25. The molecule has 21 heavy (non-hydrogen) atoms. The van der Waals surface area contributed by atoms with Crippen LogP contribution in [-0.2, 0) is 9.59 Å². The van der Waals surface area contributed by atoms with Gasteiger partial charge in [0.05, 0.1) is 18.4 Å². The molecule has 6 heteroatoms. The van der Waals surface area contributed by atoms with Crippen LogP contribution in [0.3, 0.4) is 0 Å². The molecular formula is C15H18FNO4. The van der Waals surface area contributed by atoms with Gasteiger partial charge in [-0.15, -0.1) is 0 Å². The number of benzene rings is 1. The van der Waals surface area contributed by atoms with Crippen molar-refractivity contribution >= 4 is 11.9 Å². The fourth-order valence-corrected chi connectivity index (χ4v) is 2.05. The highest BCUT2D eigenvalue weighted by molar-refractivity contribution is 5.89. The molecule has 1 aliphatic rings. The minimum atomic E-state index is -0.900. The number of halogens is 1. The second-order valence-corrected chi connectivity index (χ2v) is 5.09. The zero-order valence-corrected chi connectivity index (χ0v) is 11.5. The number of carboxylic acids is 1. The van der Waals surface area contributed by atoms with Gasteiger partial charge in [-0.3, -0.25) is 9.59 Å². The molecule has 1 aliphatic carbocycles. The van der Waals surface area contributed by atoms with Crippen LogP contribution in [0.1, 0.15) is 19.3 Å². The van der Waals surface area contributed by atoms with Crippen molar-refractivity contribution in [2.75, 3.05) is 13.2 Å². The Hall–Kier alpha value is -2.11. The Morgan fingerprint density at radius 3 is 2.57 bits per heavy atom. The van der Waals surface area contributed by atoms with E-state index in [9.17, 15) is 14.0 Å². The second kappa shape index (κ2) is 7.06. The van der Waals surface area contributed by atoms with Crippen molar-refractivity contribution in [2.24, 2.45) is 11.8 Å². The normalized spacial score (nSPS) is 19.9.